The third-order valence-electron chi connectivity index (χ3n) is 4.85. The molecule has 1 aliphatic carbocycles. The number of aromatic nitrogens is 1. The maximum atomic E-state index is 12.2. The summed E-state index contributed by atoms with van der Waals surface area (Å²) in [5.74, 6) is 1.61. The number of hydrogen-bond acceptors (Lipinski definition) is 4. The van der Waals surface area contributed by atoms with Crippen molar-refractivity contribution < 1.29 is 9.59 Å². The number of nitrogens with zero attached hydrogens (tertiary/aromatic N) is 2. The van der Waals surface area contributed by atoms with Crippen LogP contribution < -0.4 is 15.5 Å². The highest BCUT2D eigenvalue weighted by Crippen LogP contribution is 2.28. The topological polar surface area (TPSA) is 74.3 Å². The molecule has 0 bridgehead atoms. The number of carbonyl (C=O) groups excluding carboxylic acids is 2. The predicted molar refractivity (Wildman–Crippen MR) is 92.9 cm³/mol. The molecular formula is C18H26N4O2. The molecule has 1 aliphatic heterocycles. The first-order chi connectivity index (χ1) is 11.4. The first-order valence-electron chi connectivity index (χ1n) is 8.73. The molecule has 0 spiro atoms. The van der Waals surface area contributed by atoms with Crippen molar-refractivity contribution >= 4 is 17.6 Å². The molecule has 1 saturated carbocycles. The standard InChI is InChI=1S/C18H26N4O2/c1-11(2)15-9-22(10-16(15)20-12(3)23)17-8-13(6-7-19-17)18(24)21-14-4-5-14/h6-8,11,14-16H,4-5,9-10H2,1-3H3,(H,20,23)(H,21,24)/t15-,16+/m0/s1. The van der Waals surface area contributed by atoms with Gasteiger partial charge >= 0.3 is 0 Å². The molecule has 0 radical (unpaired) electrons. The van der Waals surface area contributed by atoms with E-state index in [0.717, 1.165) is 31.7 Å². The molecule has 0 aromatic carbocycles. The van der Waals surface area contributed by atoms with E-state index in [-0.39, 0.29) is 17.9 Å². The van der Waals surface area contributed by atoms with Crippen LogP contribution in [-0.4, -0.2) is 42.0 Å². The van der Waals surface area contributed by atoms with Gasteiger partial charge in [-0.25, -0.2) is 4.98 Å². The third kappa shape index (κ3) is 3.86. The van der Waals surface area contributed by atoms with Crippen LogP contribution in [0.4, 0.5) is 5.82 Å². The molecule has 2 heterocycles. The SMILES string of the molecule is CC(=O)N[C@@H]1CN(c2cc(C(=O)NC3CC3)ccn2)C[C@H]1C(C)C. The predicted octanol–water partition coefficient (Wildman–Crippen LogP) is 1.57. The van der Waals surface area contributed by atoms with Gasteiger partial charge < -0.3 is 15.5 Å². The summed E-state index contributed by atoms with van der Waals surface area (Å²) in [6, 6.07) is 4.07. The fraction of sp³-hybridized carbons (Fsp3) is 0.611. The van der Waals surface area contributed by atoms with E-state index in [2.05, 4.69) is 34.4 Å². The highest BCUT2D eigenvalue weighted by atomic mass is 16.2. The molecule has 1 aromatic heterocycles. The van der Waals surface area contributed by atoms with Crippen LogP contribution in [0.2, 0.25) is 0 Å². The van der Waals surface area contributed by atoms with E-state index in [1.807, 2.05) is 6.07 Å². The second-order valence-electron chi connectivity index (χ2n) is 7.27. The molecule has 1 saturated heterocycles. The molecule has 0 unspecified atom stereocenters. The highest BCUT2D eigenvalue weighted by Gasteiger charge is 2.36. The van der Waals surface area contributed by atoms with E-state index in [9.17, 15) is 9.59 Å². The van der Waals surface area contributed by atoms with Gasteiger partial charge in [-0.2, -0.15) is 0 Å². The molecule has 6 heteroatoms. The van der Waals surface area contributed by atoms with Crippen LogP contribution in [0.1, 0.15) is 44.0 Å². The number of amides is 2. The zero-order chi connectivity index (χ0) is 17.3. The van der Waals surface area contributed by atoms with Crippen LogP contribution in [-0.2, 0) is 4.79 Å². The molecule has 2 atom stereocenters. The lowest BCUT2D eigenvalue weighted by Gasteiger charge is -2.21. The van der Waals surface area contributed by atoms with Gasteiger partial charge in [0.05, 0.1) is 6.04 Å². The van der Waals surface area contributed by atoms with Crippen molar-refractivity contribution in [1.29, 1.82) is 0 Å². The smallest absolute Gasteiger partial charge is 0.251 e. The Labute approximate surface area is 143 Å². The summed E-state index contributed by atoms with van der Waals surface area (Å²) < 4.78 is 0. The molecule has 130 valence electrons. The Bertz CT molecular complexity index is 627. The van der Waals surface area contributed by atoms with Crippen molar-refractivity contribution in [3.8, 4) is 0 Å². The van der Waals surface area contributed by atoms with Gasteiger partial charge in [-0.1, -0.05) is 13.8 Å². The van der Waals surface area contributed by atoms with Crippen molar-refractivity contribution in [2.45, 2.75) is 45.7 Å². The maximum Gasteiger partial charge on any atom is 0.251 e. The molecule has 2 aliphatic rings. The van der Waals surface area contributed by atoms with E-state index < -0.39 is 0 Å². The van der Waals surface area contributed by atoms with Gasteiger partial charge in [0.1, 0.15) is 5.82 Å². The van der Waals surface area contributed by atoms with Gasteiger partial charge in [-0.05, 0) is 30.9 Å². The number of carbonyl (C=O) groups is 2. The van der Waals surface area contributed by atoms with Crippen LogP contribution in [0.15, 0.2) is 18.3 Å². The Balaban J connectivity index is 1.73. The largest absolute Gasteiger partial charge is 0.354 e. The minimum atomic E-state index is -0.0285. The van der Waals surface area contributed by atoms with Gasteiger partial charge in [0, 0.05) is 43.7 Å². The maximum absolute atomic E-state index is 12.2. The number of rotatable bonds is 5. The molecule has 2 fully saturated rings. The van der Waals surface area contributed by atoms with Crippen LogP contribution in [0.25, 0.3) is 0 Å². The van der Waals surface area contributed by atoms with Crippen LogP contribution in [0.3, 0.4) is 0 Å². The molecule has 2 amide bonds. The van der Waals surface area contributed by atoms with Crippen LogP contribution in [0, 0.1) is 11.8 Å². The zero-order valence-electron chi connectivity index (χ0n) is 14.6. The zero-order valence-corrected chi connectivity index (χ0v) is 14.6. The van der Waals surface area contributed by atoms with Crippen molar-refractivity contribution in [2.75, 3.05) is 18.0 Å². The summed E-state index contributed by atoms with van der Waals surface area (Å²) in [6.45, 7) is 7.47. The van der Waals surface area contributed by atoms with Crippen molar-refractivity contribution in [3.63, 3.8) is 0 Å². The fourth-order valence-electron chi connectivity index (χ4n) is 3.33. The molecule has 3 rings (SSSR count). The van der Waals surface area contributed by atoms with Crippen LogP contribution in [0.5, 0.6) is 0 Å². The number of hydrogen-bond donors (Lipinski definition) is 2. The quantitative estimate of drug-likeness (QED) is 0.859. The Morgan fingerprint density at radius 1 is 1.25 bits per heavy atom. The Morgan fingerprint density at radius 2 is 2.00 bits per heavy atom. The lowest BCUT2D eigenvalue weighted by atomic mass is 9.91. The number of nitrogens with one attached hydrogen (secondary N) is 2. The molecule has 6 nitrogen and oxygen atoms in total. The monoisotopic (exact) mass is 330 g/mol. The summed E-state index contributed by atoms with van der Waals surface area (Å²) in [4.78, 5) is 30.3. The minimum Gasteiger partial charge on any atom is -0.354 e. The Kier molecular flexibility index (Phi) is 4.73. The van der Waals surface area contributed by atoms with E-state index in [0.29, 0.717) is 23.4 Å². The average molecular weight is 330 g/mol. The van der Waals surface area contributed by atoms with E-state index in [4.69, 9.17) is 0 Å². The Hall–Kier alpha value is -2.11. The lowest BCUT2D eigenvalue weighted by molar-refractivity contribution is -0.119. The summed E-state index contributed by atoms with van der Waals surface area (Å²) in [6.07, 6.45) is 3.84. The third-order valence-corrected chi connectivity index (χ3v) is 4.85. The average Bonchev–Trinajstić information content (AvgIpc) is 3.24. The van der Waals surface area contributed by atoms with Gasteiger partial charge in [-0.15, -0.1) is 0 Å². The first kappa shape index (κ1) is 16.7. The van der Waals surface area contributed by atoms with E-state index in [1.54, 1.807) is 19.2 Å². The lowest BCUT2D eigenvalue weighted by Crippen LogP contribution is -2.40. The van der Waals surface area contributed by atoms with E-state index >= 15 is 0 Å². The Morgan fingerprint density at radius 3 is 2.62 bits per heavy atom. The summed E-state index contributed by atoms with van der Waals surface area (Å²) in [7, 11) is 0. The highest BCUT2D eigenvalue weighted by molar-refractivity contribution is 5.95. The fourth-order valence-corrected chi connectivity index (χ4v) is 3.33. The van der Waals surface area contributed by atoms with Crippen molar-refractivity contribution in [3.05, 3.63) is 23.9 Å². The van der Waals surface area contributed by atoms with Crippen LogP contribution >= 0.6 is 0 Å². The molecule has 2 N–H and O–H groups in total. The summed E-state index contributed by atoms with van der Waals surface area (Å²) >= 11 is 0. The second-order valence-corrected chi connectivity index (χ2v) is 7.27. The normalized spacial score (nSPS) is 23.4. The molecular weight excluding hydrogens is 304 g/mol. The first-order valence-corrected chi connectivity index (χ1v) is 8.73. The number of anilines is 1. The van der Waals surface area contributed by atoms with Gasteiger partial charge in [0.15, 0.2) is 0 Å². The van der Waals surface area contributed by atoms with Crippen molar-refractivity contribution in [2.24, 2.45) is 11.8 Å². The summed E-state index contributed by atoms with van der Waals surface area (Å²) in [5.41, 5.74) is 0.649. The van der Waals surface area contributed by atoms with Gasteiger partial charge in [0.25, 0.3) is 5.91 Å². The molecule has 1 aromatic rings. The number of pyridine rings is 1. The van der Waals surface area contributed by atoms with Gasteiger partial charge in [-0.3, -0.25) is 9.59 Å². The van der Waals surface area contributed by atoms with Crippen molar-refractivity contribution in [1.82, 2.24) is 15.6 Å². The second kappa shape index (κ2) is 6.79. The minimum absolute atomic E-state index is 0.00183. The van der Waals surface area contributed by atoms with Gasteiger partial charge in [0.2, 0.25) is 5.91 Å². The summed E-state index contributed by atoms with van der Waals surface area (Å²) in [5, 5.41) is 6.06. The molecule has 24 heavy (non-hydrogen) atoms. The van der Waals surface area contributed by atoms with E-state index in [1.165, 1.54) is 0 Å².